The molecule has 5 aromatic rings. The highest BCUT2D eigenvalue weighted by Gasteiger charge is 2.17. The number of aryl methyl sites for hydroxylation is 1. The Balaban J connectivity index is 1.33. The summed E-state index contributed by atoms with van der Waals surface area (Å²) in [6.45, 7) is 3.92. The molecule has 0 radical (unpaired) electrons. The van der Waals surface area contributed by atoms with Crippen LogP contribution < -0.4 is 5.43 Å². The Kier molecular flexibility index (Phi) is 7.35. The van der Waals surface area contributed by atoms with Crippen molar-refractivity contribution in [3.05, 3.63) is 107 Å². The first-order valence-corrected chi connectivity index (χ1v) is 13.1. The van der Waals surface area contributed by atoms with Crippen LogP contribution in [-0.2, 0) is 4.79 Å². The Labute approximate surface area is 224 Å². The zero-order valence-electron chi connectivity index (χ0n) is 20.4. The number of benzene rings is 4. The zero-order chi connectivity index (χ0) is 25.8. The van der Waals surface area contributed by atoms with Gasteiger partial charge >= 0.3 is 0 Å². The molecule has 1 aromatic heterocycles. The molecule has 184 valence electrons. The van der Waals surface area contributed by atoms with Crippen molar-refractivity contribution >= 4 is 45.8 Å². The maximum absolute atomic E-state index is 12.7. The van der Waals surface area contributed by atoms with Crippen LogP contribution in [0.15, 0.2) is 101 Å². The Bertz CT molecular complexity index is 1590. The highest BCUT2D eigenvalue weighted by molar-refractivity contribution is 7.99. The second kappa shape index (κ2) is 11.0. The first-order valence-electron chi connectivity index (χ1n) is 11.7. The van der Waals surface area contributed by atoms with Gasteiger partial charge in [-0.25, -0.2) is 5.43 Å². The normalized spacial score (nSPS) is 11.6. The quantitative estimate of drug-likeness (QED) is 0.146. The van der Waals surface area contributed by atoms with Gasteiger partial charge in [0, 0.05) is 16.3 Å². The molecule has 1 N–H and O–H groups in total. The van der Waals surface area contributed by atoms with Crippen LogP contribution in [0.2, 0.25) is 5.02 Å². The summed E-state index contributed by atoms with van der Waals surface area (Å²) in [6, 6.07) is 29.8. The number of nitrogens with zero attached hydrogens (tertiary/aromatic N) is 4. The van der Waals surface area contributed by atoms with E-state index in [4.69, 9.17) is 11.6 Å². The number of thioether (sulfide) groups is 1. The third kappa shape index (κ3) is 5.74. The van der Waals surface area contributed by atoms with Crippen molar-refractivity contribution in [3.8, 4) is 17.1 Å². The predicted octanol–water partition coefficient (Wildman–Crippen LogP) is 6.68. The summed E-state index contributed by atoms with van der Waals surface area (Å²) in [5.74, 6) is 0.594. The molecule has 5 rings (SSSR count). The highest BCUT2D eigenvalue weighted by Crippen LogP contribution is 2.29. The van der Waals surface area contributed by atoms with Crippen molar-refractivity contribution in [1.29, 1.82) is 0 Å². The van der Waals surface area contributed by atoms with E-state index in [0.717, 1.165) is 38.9 Å². The Morgan fingerprint density at radius 1 is 0.946 bits per heavy atom. The molecule has 6 nitrogen and oxygen atoms in total. The van der Waals surface area contributed by atoms with Crippen LogP contribution in [0.3, 0.4) is 0 Å². The van der Waals surface area contributed by atoms with Crippen LogP contribution in [0.25, 0.3) is 27.8 Å². The summed E-state index contributed by atoms with van der Waals surface area (Å²) in [5, 5.41) is 16.7. The molecule has 0 fully saturated rings. The van der Waals surface area contributed by atoms with E-state index in [9.17, 15) is 4.79 Å². The van der Waals surface area contributed by atoms with Gasteiger partial charge in [-0.15, -0.1) is 10.2 Å². The number of nitrogens with one attached hydrogen (secondary N) is 1. The van der Waals surface area contributed by atoms with Gasteiger partial charge in [0.15, 0.2) is 11.0 Å². The molecule has 0 spiro atoms. The van der Waals surface area contributed by atoms with Crippen LogP contribution >= 0.6 is 23.4 Å². The van der Waals surface area contributed by atoms with Crippen molar-refractivity contribution in [2.75, 3.05) is 5.75 Å². The van der Waals surface area contributed by atoms with E-state index >= 15 is 0 Å². The van der Waals surface area contributed by atoms with Crippen molar-refractivity contribution < 1.29 is 4.79 Å². The van der Waals surface area contributed by atoms with Crippen LogP contribution in [-0.4, -0.2) is 32.1 Å². The van der Waals surface area contributed by atoms with Gasteiger partial charge in [0.2, 0.25) is 0 Å². The fourth-order valence-corrected chi connectivity index (χ4v) is 4.73. The minimum absolute atomic E-state index is 0.133. The van der Waals surface area contributed by atoms with Crippen LogP contribution in [0.5, 0.6) is 0 Å². The topological polar surface area (TPSA) is 72.2 Å². The van der Waals surface area contributed by atoms with E-state index in [0.29, 0.717) is 16.0 Å². The van der Waals surface area contributed by atoms with E-state index in [1.807, 2.05) is 85.1 Å². The molecule has 0 bridgehead atoms. The SMILES string of the molecule is C/C(=N\NC(=O)CSc1nnc(-c2ccc(C)cc2)n1-c1ccc(Cl)cc1)c1ccc2ccccc2c1. The Morgan fingerprint density at radius 3 is 2.43 bits per heavy atom. The zero-order valence-corrected chi connectivity index (χ0v) is 21.9. The second-order valence-corrected chi connectivity index (χ2v) is 9.95. The number of amides is 1. The average Bonchev–Trinajstić information content (AvgIpc) is 3.35. The third-order valence-corrected chi connectivity index (χ3v) is 7.06. The summed E-state index contributed by atoms with van der Waals surface area (Å²) in [4.78, 5) is 12.7. The molecule has 0 saturated heterocycles. The Hall–Kier alpha value is -3.94. The standard InChI is InChI=1S/C29H24ClN5OS/c1-19-7-9-22(10-8-19)28-33-34-29(35(28)26-15-13-25(30)14-16-26)37-18-27(36)32-31-20(2)23-12-11-21-5-3-4-6-24(21)17-23/h3-17H,18H2,1-2H3,(H,32,36)/b31-20+. The van der Waals surface area contributed by atoms with E-state index in [2.05, 4.69) is 45.0 Å². The van der Waals surface area contributed by atoms with Gasteiger partial charge in [-0.3, -0.25) is 9.36 Å². The van der Waals surface area contributed by atoms with Crippen molar-refractivity contribution in [3.63, 3.8) is 0 Å². The molecule has 0 unspecified atom stereocenters. The van der Waals surface area contributed by atoms with Crippen molar-refractivity contribution in [1.82, 2.24) is 20.2 Å². The molecular weight excluding hydrogens is 502 g/mol. The summed E-state index contributed by atoms with van der Waals surface area (Å²) in [5.41, 5.74) is 7.30. The van der Waals surface area contributed by atoms with Gasteiger partial charge in [-0.05, 0) is 60.5 Å². The number of hydrogen-bond donors (Lipinski definition) is 1. The molecule has 0 aliphatic heterocycles. The lowest BCUT2D eigenvalue weighted by molar-refractivity contribution is -0.118. The number of aromatic nitrogens is 3. The second-order valence-electron chi connectivity index (χ2n) is 8.57. The minimum Gasteiger partial charge on any atom is -0.272 e. The van der Waals surface area contributed by atoms with Crippen molar-refractivity contribution in [2.24, 2.45) is 5.10 Å². The molecule has 0 atom stereocenters. The van der Waals surface area contributed by atoms with Gasteiger partial charge in [0.05, 0.1) is 11.5 Å². The van der Waals surface area contributed by atoms with Crippen molar-refractivity contribution in [2.45, 2.75) is 19.0 Å². The number of rotatable bonds is 7. The summed E-state index contributed by atoms with van der Waals surface area (Å²) >= 11 is 7.41. The summed E-state index contributed by atoms with van der Waals surface area (Å²) in [6.07, 6.45) is 0. The van der Waals surface area contributed by atoms with E-state index < -0.39 is 0 Å². The van der Waals surface area contributed by atoms with E-state index in [1.54, 1.807) is 0 Å². The molecule has 0 aliphatic carbocycles. The molecule has 8 heteroatoms. The van der Waals surface area contributed by atoms with Gasteiger partial charge in [-0.2, -0.15) is 5.10 Å². The fraction of sp³-hybridized carbons (Fsp3) is 0.103. The average molecular weight is 526 g/mol. The molecule has 37 heavy (non-hydrogen) atoms. The molecule has 1 amide bonds. The number of halogens is 1. The molecule has 4 aromatic carbocycles. The van der Waals surface area contributed by atoms with Crippen LogP contribution in [0.4, 0.5) is 0 Å². The monoisotopic (exact) mass is 525 g/mol. The maximum atomic E-state index is 12.7. The lowest BCUT2D eigenvalue weighted by Gasteiger charge is -2.11. The molecular formula is C29H24ClN5OS. The molecule has 0 aliphatic rings. The minimum atomic E-state index is -0.229. The number of carbonyl (C=O) groups is 1. The molecule has 0 saturated carbocycles. The first kappa shape index (κ1) is 24.7. The van der Waals surface area contributed by atoms with E-state index in [1.165, 1.54) is 11.8 Å². The van der Waals surface area contributed by atoms with Gasteiger partial charge in [0.1, 0.15) is 0 Å². The smallest absolute Gasteiger partial charge is 0.250 e. The first-order chi connectivity index (χ1) is 18.0. The third-order valence-electron chi connectivity index (χ3n) is 5.88. The predicted molar refractivity (Wildman–Crippen MR) is 152 cm³/mol. The van der Waals surface area contributed by atoms with Gasteiger partial charge in [-0.1, -0.05) is 89.6 Å². The van der Waals surface area contributed by atoms with E-state index in [-0.39, 0.29) is 11.7 Å². The molecule has 1 heterocycles. The number of fused-ring (bicyclic) bond motifs is 1. The largest absolute Gasteiger partial charge is 0.272 e. The summed E-state index contributed by atoms with van der Waals surface area (Å²) in [7, 11) is 0. The maximum Gasteiger partial charge on any atom is 0.250 e. The van der Waals surface area contributed by atoms with Crippen LogP contribution in [0.1, 0.15) is 18.1 Å². The summed E-state index contributed by atoms with van der Waals surface area (Å²) < 4.78 is 1.93. The van der Waals surface area contributed by atoms with Crippen LogP contribution in [0, 0.1) is 6.92 Å². The van der Waals surface area contributed by atoms with Gasteiger partial charge < -0.3 is 0 Å². The lowest BCUT2D eigenvalue weighted by Crippen LogP contribution is -2.21. The fourth-order valence-electron chi connectivity index (χ4n) is 3.86. The lowest BCUT2D eigenvalue weighted by atomic mass is 10.0. The number of hydrogen-bond acceptors (Lipinski definition) is 5. The number of hydrazone groups is 1. The van der Waals surface area contributed by atoms with Gasteiger partial charge in [0.25, 0.3) is 5.91 Å². The number of carbonyl (C=O) groups excluding carboxylic acids is 1. The highest BCUT2D eigenvalue weighted by atomic mass is 35.5. The Morgan fingerprint density at radius 2 is 1.68 bits per heavy atom.